The number of fused-ring (bicyclic) bond motifs is 1. The number of hydrogen-bond donors (Lipinski definition) is 1. The van der Waals surface area contributed by atoms with E-state index in [1.165, 1.54) is 11.6 Å². The Labute approximate surface area is 218 Å². The van der Waals surface area contributed by atoms with Gasteiger partial charge < -0.3 is 14.8 Å². The Hall–Kier alpha value is -3.70. The first-order valence-electron chi connectivity index (χ1n) is 12.8. The largest absolute Gasteiger partial charge is 0.494 e. The van der Waals surface area contributed by atoms with Crippen LogP contribution < -0.4 is 10.1 Å². The summed E-state index contributed by atoms with van der Waals surface area (Å²) >= 11 is 0. The van der Waals surface area contributed by atoms with E-state index in [2.05, 4.69) is 48.6 Å². The highest BCUT2D eigenvalue weighted by molar-refractivity contribution is 5.99. The number of rotatable bonds is 10. The van der Waals surface area contributed by atoms with Gasteiger partial charge in [0.05, 0.1) is 18.3 Å². The smallest absolute Gasteiger partial charge is 0.341 e. The van der Waals surface area contributed by atoms with Gasteiger partial charge in [-0.05, 0) is 98.0 Å². The first-order valence-corrected chi connectivity index (χ1v) is 12.8. The number of carbonyl (C=O) groups is 1. The number of hydrogen-bond acceptors (Lipinski definition) is 4. The molecular formula is C32H34FNO3. The van der Waals surface area contributed by atoms with Crippen molar-refractivity contribution in [3.63, 3.8) is 0 Å². The summed E-state index contributed by atoms with van der Waals surface area (Å²) in [5.74, 6) is -0.355. The van der Waals surface area contributed by atoms with Crippen LogP contribution in [0, 0.1) is 5.82 Å². The number of benzene rings is 4. The molecule has 0 aliphatic heterocycles. The van der Waals surface area contributed by atoms with Crippen LogP contribution in [0.15, 0.2) is 78.9 Å². The zero-order valence-electron chi connectivity index (χ0n) is 21.9. The molecule has 4 nitrogen and oxygen atoms in total. The van der Waals surface area contributed by atoms with E-state index in [1.54, 1.807) is 26.0 Å². The van der Waals surface area contributed by atoms with Gasteiger partial charge in [0.15, 0.2) is 0 Å². The van der Waals surface area contributed by atoms with Gasteiger partial charge in [0.1, 0.15) is 11.6 Å². The quantitative estimate of drug-likeness (QED) is 0.230. The van der Waals surface area contributed by atoms with Crippen LogP contribution in [-0.2, 0) is 11.2 Å². The first-order chi connectivity index (χ1) is 17.9. The molecule has 0 aromatic heterocycles. The van der Waals surface area contributed by atoms with Gasteiger partial charge in [-0.1, -0.05) is 54.6 Å². The van der Waals surface area contributed by atoms with Crippen molar-refractivity contribution in [2.45, 2.75) is 46.3 Å². The molecule has 0 aliphatic carbocycles. The van der Waals surface area contributed by atoms with Gasteiger partial charge in [-0.25, -0.2) is 9.18 Å². The Kier molecular flexibility index (Phi) is 8.57. The summed E-state index contributed by atoms with van der Waals surface area (Å²) in [7, 11) is 0. The van der Waals surface area contributed by atoms with E-state index in [0.717, 1.165) is 46.2 Å². The molecule has 0 saturated heterocycles. The molecule has 1 N–H and O–H groups in total. The summed E-state index contributed by atoms with van der Waals surface area (Å²) < 4.78 is 25.4. The molecule has 0 fully saturated rings. The Bertz CT molecular complexity index is 1380. The number of halogens is 1. The molecule has 4 aromatic carbocycles. The second-order valence-corrected chi connectivity index (χ2v) is 9.44. The van der Waals surface area contributed by atoms with Crippen molar-refractivity contribution < 1.29 is 18.7 Å². The molecule has 5 heteroatoms. The van der Waals surface area contributed by atoms with Crippen molar-refractivity contribution in [2.24, 2.45) is 0 Å². The molecule has 0 amide bonds. The highest BCUT2D eigenvalue weighted by Gasteiger charge is 2.17. The maximum Gasteiger partial charge on any atom is 0.341 e. The molecule has 0 spiro atoms. The fraction of sp³-hybridized carbons (Fsp3) is 0.281. The number of carbonyl (C=O) groups excluding carboxylic acids is 1. The lowest BCUT2D eigenvalue weighted by molar-refractivity contribution is 0.0372. The topological polar surface area (TPSA) is 47.6 Å². The van der Waals surface area contributed by atoms with E-state index in [-0.39, 0.29) is 17.7 Å². The van der Waals surface area contributed by atoms with Crippen molar-refractivity contribution in [1.29, 1.82) is 0 Å². The van der Waals surface area contributed by atoms with Crippen LogP contribution in [0.25, 0.3) is 21.9 Å². The summed E-state index contributed by atoms with van der Waals surface area (Å²) in [6.07, 6.45) is 0.493. The minimum Gasteiger partial charge on any atom is -0.494 e. The van der Waals surface area contributed by atoms with Crippen LogP contribution in [0.1, 0.15) is 55.2 Å². The Morgan fingerprint density at radius 2 is 1.76 bits per heavy atom. The van der Waals surface area contributed by atoms with Gasteiger partial charge in [0.2, 0.25) is 0 Å². The summed E-state index contributed by atoms with van der Waals surface area (Å²) in [6.45, 7) is 9.06. The molecule has 0 heterocycles. The lowest BCUT2D eigenvalue weighted by Gasteiger charge is -2.16. The van der Waals surface area contributed by atoms with Crippen molar-refractivity contribution in [1.82, 2.24) is 5.32 Å². The molecule has 1 atom stereocenters. The monoisotopic (exact) mass is 499 g/mol. The average Bonchev–Trinajstić information content (AvgIpc) is 2.88. The van der Waals surface area contributed by atoms with E-state index in [0.29, 0.717) is 6.61 Å². The summed E-state index contributed by atoms with van der Waals surface area (Å²) in [6, 6.07) is 25.5. The highest BCUT2D eigenvalue weighted by Crippen LogP contribution is 2.32. The molecule has 0 bridgehead atoms. The zero-order valence-corrected chi connectivity index (χ0v) is 21.9. The molecule has 4 rings (SSSR count). The van der Waals surface area contributed by atoms with Gasteiger partial charge in [-0.2, -0.15) is 0 Å². The molecule has 4 aromatic rings. The summed E-state index contributed by atoms with van der Waals surface area (Å²) in [5, 5.41) is 5.76. The van der Waals surface area contributed by atoms with Gasteiger partial charge >= 0.3 is 5.97 Å². The second kappa shape index (κ2) is 12.0. The number of esters is 1. The second-order valence-electron chi connectivity index (χ2n) is 9.44. The Morgan fingerprint density at radius 1 is 0.946 bits per heavy atom. The van der Waals surface area contributed by atoms with Gasteiger partial charge in [0, 0.05) is 6.04 Å². The van der Waals surface area contributed by atoms with E-state index in [1.807, 2.05) is 31.2 Å². The SMILES string of the molecule is CCOc1cccc([C@@H](C)NCCc2cc(-c3ccc(F)c(C(=O)OC(C)C)c3)c3ccccc3c2)c1. The molecule has 37 heavy (non-hydrogen) atoms. The molecule has 0 saturated carbocycles. The molecular weight excluding hydrogens is 465 g/mol. The van der Waals surface area contributed by atoms with Crippen LogP contribution in [0.3, 0.4) is 0 Å². The van der Waals surface area contributed by atoms with E-state index in [9.17, 15) is 9.18 Å². The van der Waals surface area contributed by atoms with Crippen molar-refractivity contribution in [3.8, 4) is 16.9 Å². The van der Waals surface area contributed by atoms with Crippen molar-refractivity contribution in [2.75, 3.05) is 13.2 Å². The van der Waals surface area contributed by atoms with Crippen molar-refractivity contribution >= 4 is 16.7 Å². The van der Waals surface area contributed by atoms with E-state index < -0.39 is 11.8 Å². The fourth-order valence-corrected chi connectivity index (χ4v) is 4.47. The van der Waals surface area contributed by atoms with Crippen LogP contribution in [-0.4, -0.2) is 25.2 Å². The van der Waals surface area contributed by atoms with Crippen LogP contribution in [0.2, 0.25) is 0 Å². The lowest BCUT2D eigenvalue weighted by Crippen LogP contribution is -2.21. The predicted octanol–water partition coefficient (Wildman–Crippen LogP) is 7.50. The Balaban J connectivity index is 1.57. The maximum atomic E-state index is 14.5. The Morgan fingerprint density at radius 3 is 2.54 bits per heavy atom. The molecule has 0 aliphatic rings. The number of ether oxygens (including phenoxy) is 2. The standard InChI is InChI=1S/C32H34FNO3/c1-5-36-27-11-8-10-24(19-27)22(4)34-16-15-23-17-25-9-6-7-12-28(25)29(18-23)26-13-14-31(33)30(20-26)32(35)37-21(2)3/h6-14,17-22,34H,5,15-16H2,1-4H3/t22-/m1/s1. The first kappa shape index (κ1) is 26.4. The van der Waals surface area contributed by atoms with Crippen LogP contribution in [0.5, 0.6) is 5.75 Å². The fourth-order valence-electron chi connectivity index (χ4n) is 4.47. The molecule has 0 radical (unpaired) electrons. The van der Waals surface area contributed by atoms with Crippen LogP contribution >= 0.6 is 0 Å². The third-order valence-corrected chi connectivity index (χ3v) is 6.29. The zero-order chi connectivity index (χ0) is 26.4. The van der Waals surface area contributed by atoms with Gasteiger partial charge in [-0.15, -0.1) is 0 Å². The van der Waals surface area contributed by atoms with E-state index in [4.69, 9.17) is 9.47 Å². The maximum absolute atomic E-state index is 14.5. The normalized spacial score (nSPS) is 12.1. The average molecular weight is 500 g/mol. The third-order valence-electron chi connectivity index (χ3n) is 6.29. The third kappa shape index (κ3) is 6.55. The molecule has 0 unspecified atom stereocenters. The van der Waals surface area contributed by atoms with Crippen LogP contribution in [0.4, 0.5) is 4.39 Å². The summed E-state index contributed by atoms with van der Waals surface area (Å²) in [5.41, 5.74) is 4.03. The minimum atomic E-state index is -0.651. The lowest BCUT2D eigenvalue weighted by atomic mass is 9.93. The number of nitrogens with one attached hydrogen (secondary N) is 1. The van der Waals surface area contributed by atoms with Gasteiger partial charge in [-0.3, -0.25) is 0 Å². The van der Waals surface area contributed by atoms with Gasteiger partial charge in [0.25, 0.3) is 0 Å². The highest BCUT2D eigenvalue weighted by atomic mass is 19.1. The summed E-state index contributed by atoms with van der Waals surface area (Å²) in [4.78, 5) is 12.5. The van der Waals surface area contributed by atoms with Crippen molar-refractivity contribution in [3.05, 3.63) is 101 Å². The predicted molar refractivity (Wildman–Crippen MR) is 148 cm³/mol. The molecule has 192 valence electrons. The van der Waals surface area contributed by atoms with E-state index >= 15 is 0 Å². The minimum absolute atomic E-state index is 0.0505.